The van der Waals surface area contributed by atoms with Crippen LogP contribution in [0.25, 0.3) is 0 Å². The average molecular weight is 525 g/mol. The van der Waals surface area contributed by atoms with Crippen LogP contribution in [0, 0.1) is 6.92 Å². The Bertz CT molecular complexity index is 1320. The molecule has 0 aliphatic carbocycles. The molecule has 1 saturated heterocycles. The highest BCUT2D eigenvalue weighted by Gasteiger charge is 2.39. The molecule has 0 radical (unpaired) electrons. The van der Waals surface area contributed by atoms with Crippen LogP contribution in [0.2, 0.25) is 10.0 Å². The number of carbonyl (C=O) groups excluding carboxylic acids is 4. The first-order valence-electron chi connectivity index (χ1n) is 11.1. The Morgan fingerprint density at radius 1 is 1.00 bits per heavy atom. The number of carbonyl (C=O) groups is 4. The molecular formula is C27H22Cl2N2O5. The smallest absolute Gasteiger partial charge is 0.338 e. The van der Waals surface area contributed by atoms with E-state index in [0.29, 0.717) is 17.3 Å². The summed E-state index contributed by atoms with van der Waals surface area (Å²) in [5.41, 5.74) is 2.87. The van der Waals surface area contributed by atoms with Crippen LogP contribution < -0.4 is 10.2 Å². The fourth-order valence-corrected chi connectivity index (χ4v) is 4.28. The van der Waals surface area contributed by atoms with E-state index in [2.05, 4.69) is 5.32 Å². The third-order valence-corrected chi connectivity index (χ3v) is 6.29. The van der Waals surface area contributed by atoms with Crippen LogP contribution in [0.15, 0.2) is 66.7 Å². The van der Waals surface area contributed by atoms with E-state index in [1.807, 2.05) is 31.2 Å². The van der Waals surface area contributed by atoms with Crippen molar-refractivity contribution in [2.75, 3.05) is 11.5 Å². The largest absolute Gasteiger partial charge is 0.454 e. The molecule has 1 aliphatic heterocycles. The van der Waals surface area contributed by atoms with Gasteiger partial charge < -0.3 is 10.1 Å². The second-order valence-electron chi connectivity index (χ2n) is 8.36. The Morgan fingerprint density at radius 2 is 1.69 bits per heavy atom. The number of imide groups is 1. The van der Waals surface area contributed by atoms with E-state index < -0.39 is 24.4 Å². The normalized spacial score (nSPS) is 15.3. The lowest BCUT2D eigenvalue weighted by atomic mass is 10.1. The Morgan fingerprint density at radius 3 is 2.36 bits per heavy atom. The Kier molecular flexibility index (Phi) is 7.84. The van der Waals surface area contributed by atoms with Gasteiger partial charge in [-0.25, -0.2) is 9.69 Å². The molecule has 36 heavy (non-hydrogen) atoms. The maximum absolute atomic E-state index is 12.9. The molecule has 3 aromatic carbocycles. The van der Waals surface area contributed by atoms with Crippen LogP contribution in [-0.4, -0.2) is 36.2 Å². The average Bonchev–Trinajstić information content (AvgIpc) is 3.14. The van der Waals surface area contributed by atoms with E-state index in [-0.39, 0.29) is 34.4 Å². The molecule has 1 N–H and O–H groups in total. The van der Waals surface area contributed by atoms with E-state index >= 15 is 0 Å². The fourth-order valence-electron chi connectivity index (χ4n) is 3.76. The summed E-state index contributed by atoms with van der Waals surface area (Å²) in [6.07, 6.45) is 0.0455. The van der Waals surface area contributed by atoms with Crippen LogP contribution >= 0.6 is 23.2 Å². The van der Waals surface area contributed by atoms with Crippen molar-refractivity contribution >= 4 is 52.5 Å². The summed E-state index contributed by atoms with van der Waals surface area (Å²) in [6, 6.07) is 17.5. The zero-order valence-electron chi connectivity index (χ0n) is 19.3. The molecule has 3 aromatic rings. The summed E-state index contributed by atoms with van der Waals surface area (Å²) in [5, 5.41) is 3.69. The van der Waals surface area contributed by atoms with E-state index in [1.54, 1.807) is 0 Å². The summed E-state index contributed by atoms with van der Waals surface area (Å²) < 4.78 is 5.10. The molecule has 4 rings (SSSR count). The van der Waals surface area contributed by atoms with Gasteiger partial charge in [-0.2, -0.15) is 0 Å². The minimum absolute atomic E-state index is 0.0455. The highest BCUT2D eigenvalue weighted by atomic mass is 35.5. The molecule has 7 nitrogen and oxygen atoms in total. The third-order valence-electron chi connectivity index (χ3n) is 5.75. The first-order valence-corrected chi connectivity index (χ1v) is 11.9. The van der Waals surface area contributed by atoms with Gasteiger partial charge >= 0.3 is 5.97 Å². The fraction of sp³-hybridized carbons (Fsp3) is 0.185. The van der Waals surface area contributed by atoms with E-state index in [9.17, 15) is 19.2 Å². The van der Waals surface area contributed by atoms with Crippen molar-refractivity contribution in [2.45, 2.75) is 25.9 Å². The number of halogens is 2. The summed E-state index contributed by atoms with van der Waals surface area (Å²) in [4.78, 5) is 51.2. The summed E-state index contributed by atoms with van der Waals surface area (Å²) in [5.74, 6) is -1.88. The predicted molar refractivity (Wildman–Crippen MR) is 136 cm³/mol. The summed E-state index contributed by atoms with van der Waals surface area (Å²) in [7, 11) is 0. The van der Waals surface area contributed by atoms with Gasteiger partial charge in [-0.1, -0.05) is 53.0 Å². The number of amides is 2. The number of Topliss-reactive ketones (excluding diaryl/α,β-unsaturated/α-hetero) is 1. The predicted octanol–water partition coefficient (Wildman–Crippen LogP) is 4.76. The molecule has 1 aliphatic rings. The molecular weight excluding hydrogens is 503 g/mol. The van der Waals surface area contributed by atoms with Gasteiger partial charge in [0.25, 0.3) is 5.91 Å². The summed E-state index contributed by atoms with van der Waals surface area (Å²) >= 11 is 11.8. The van der Waals surface area contributed by atoms with Gasteiger partial charge in [0, 0.05) is 17.1 Å². The number of anilines is 1. The number of ketones is 1. The summed E-state index contributed by atoms with van der Waals surface area (Å²) in [6.45, 7) is 1.96. The molecule has 1 fully saturated rings. The minimum Gasteiger partial charge on any atom is -0.454 e. The first kappa shape index (κ1) is 25.6. The number of hydrogen-bond acceptors (Lipinski definition) is 6. The zero-order chi connectivity index (χ0) is 25.8. The lowest BCUT2D eigenvalue weighted by Gasteiger charge is -2.16. The molecule has 0 aromatic heterocycles. The third kappa shape index (κ3) is 5.82. The Hall–Kier alpha value is -3.52. The van der Waals surface area contributed by atoms with Gasteiger partial charge in [-0.3, -0.25) is 14.4 Å². The number of rotatable bonds is 8. The van der Waals surface area contributed by atoms with Gasteiger partial charge in [0.05, 0.1) is 28.7 Å². The van der Waals surface area contributed by atoms with E-state index in [1.165, 1.54) is 42.5 Å². The van der Waals surface area contributed by atoms with Crippen molar-refractivity contribution in [3.8, 4) is 0 Å². The molecule has 0 spiro atoms. The second kappa shape index (κ2) is 11.0. The van der Waals surface area contributed by atoms with Crippen LogP contribution in [-0.2, 0) is 20.9 Å². The minimum atomic E-state index is -0.725. The quantitative estimate of drug-likeness (QED) is 0.259. The van der Waals surface area contributed by atoms with Crippen molar-refractivity contribution in [3.63, 3.8) is 0 Å². The number of benzene rings is 3. The molecule has 2 amide bonds. The SMILES string of the molecule is Cc1ccc(CNC2CC(=O)N(c3ccc(C(=O)OCC(=O)c4ccc(Cl)cc4Cl)cc3)C2=O)cc1. The zero-order valence-corrected chi connectivity index (χ0v) is 20.8. The van der Waals surface area contributed by atoms with Crippen molar-refractivity contribution < 1.29 is 23.9 Å². The van der Waals surface area contributed by atoms with Crippen LogP contribution in [0.1, 0.15) is 38.3 Å². The van der Waals surface area contributed by atoms with Crippen molar-refractivity contribution in [2.24, 2.45) is 0 Å². The topological polar surface area (TPSA) is 92.8 Å². The molecule has 0 saturated carbocycles. The molecule has 9 heteroatoms. The molecule has 184 valence electrons. The highest BCUT2D eigenvalue weighted by Crippen LogP contribution is 2.24. The van der Waals surface area contributed by atoms with E-state index in [4.69, 9.17) is 27.9 Å². The number of nitrogens with one attached hydrogen (secondary N) is 1. The van der Waals surface area contributed by atoms with Gasteiger partial charge in [0.1, 0.15) is 0 Å². The lowest BCUT2D eigenvalue weighted by molar-refractivity contribution is -0.121. The van der Waals surface area contributed by atoms with Crippen LogP contribution in [0.5, 0.6) is 0 Å². The molecule has 1 heterocycles. The van der Waals surface area contributed by atoms with Gasteiger partial charge in [0.2, 0.25) is 11.7 Å². The van der Waals surface area contributed by atoms with E-state index in [0.717, 1.165) is 16.0 Å². The number of esters is 1. The second-order valence-corrected chi connectivity index (χ2v) is 9.20. The molecule has 0 bridgehead atoms. The number of hydrogen-bond donors (Lipinski definition) is 1. The highest BCUT2D eigenvalue weighted by molar-refractivity contribution is 6.36. The van der Waals surface area contributed by atoms with Gasteiger partial charge in [0.15, 0.2) is 6.61 Å². The monoisotopic (exact) mass is 524 g/mol. The van der Waals surface area contributed by atoms with Crippen molar-refractivity contribution in [1.29, 1.82) is 0 Å². The van der Waals surface area contributed by atoms with Gasteiger partial charge in [-0.05, 0) is 55.0 Å². The lowest BCUT2D eigenvalue weighted by Crippen LogP contribution is -2.38. The van der Waals surface area contributed by atoms with Crippen LogP contribution in [0.4, 0.5) is 5.69 Å². The Balaban J connectivity index is 1.35. The number of nitrogens with zero attached hydrogens (tertiary/aromatic N) is 1. The Labute approximate surface area is 218 Å². The van der Waals surface area contributed by atoms with Crippen molar-refractivity contribution in [1.82, 2.24) is 5.32 Å². The van der Waals surface area contributed by atoms with Gasteiger partial charge in [-0.15, -0.1) is 0 Å². The van der Waals surface area contributed by atoms with Crippen LogP contribution in [0.3, 0.4) is 0 Å². The standard InChI is InChI=1S/C27H22Cl2N2O5/c1-16-2-4-17(5-3-16)14-30-23-13-25(33)31(26(23)34)20-9-6-18(7-10-20)27(35)36-15-24(32)21-11-8-19(28)12-22(21)29/h2-12,23,30H,13-15H2,1H3. The molecule has 1 atom stereocenters. The maximum Gasteiger partial charge on any atom is 0.338 e. The first-order chi connectivity index (χ1) is 17.2. The number of ether oxygens (including phenoxy) is 1. The maximum atomic E-state index is 12.9. The molecule has 1 unspecified atom stereocenters. The van der Waals surface area contributed by atoms with Crippen molar-refractivity contribution in [3.05, 3.63) is 99.0 Å². The number of aryl methyl sites for hydroxylation is 1.